The summed E-state index contributed by atoms with van der Waals surface area (Å²) in [5, 5.41) is 7.64. The number of nitrogens with one attached hydrogen (secondary N) is 2. The topological polar surface area (TPSA) is 54.9 Å². The molecular weight excluding hydrogens is 386 g/mol. The van der Waals surface area contributed by atoms with Crippen molar-refractivity contribution in [3.05, 3.63) is 64.7 Å². The fourth-order valence-electron chi connectivity index (χ4n) is 3.66. The van der Waals surface area contributed by atoms with Crippen molar-refractivity contribution >= 4 is 17.6 Å². The number of hydrogen-bond acceptors (Lipinski definition) is 3. The Bertz CT molecular complexity index is 802. The molecule has 1 saturated heterocycles. The Hall–Kier alpha value is -2.24. The molecule has 6 heteroatoms. The lowest BCUT2D eigenvalue weighted by molar-refractivity contribution is 0.0513. The summed E-state index contributed by atoms with van der Waals surface area (Å²) in [4.78, 5) is 4.74. The van der Waals surface area contributed by atoms with Crippen molar-refractivity contribution in [1.82, 2.24) is 10.6 Å². The Labute approximate surface area is 178 Å². The maximum absolute atomic E-state index is 6.28. The molecule has 0 bridgehead atoms. The summed E-state index contributed by atoms with van der Waals surface area (Å²) in [7, 11) is 1.69. The molecule has 0 saturated carbocycles. The van der Waals surface area contributed by atoms with Gasteiger partial charge in [0.2, 0.25) is 0 Å². The summed E-state index contributed by atoms with van der Waals surface area (Å²) in [5.41, 5.74) is 2.32. The number of guanidine groups is 1. The van der Waals surface area contributed by atoms with Crippen LogP contribution in [0.3, 0.4) is 0 Å². The molecule has 1 aliphatic rings. The Morgan fingerprint density at radius 3 is 2.48 bits per heavy atom. The van der Waals surface area contributed by atoms with Crippen LogP contribution in [-0.2, 0) is 16.7 Å². The van der Waals surface area contributed by atoms with Crippen LogP contribution in [0.2, 0.25) is 5.02 Å². The summed E-state index contributed by atoms with van der Waals surface area (Å²) < 4.78 is 11.0. The van der Waals surface area contributed by atoms with Crippen molar-refractivity contribution in [3.8, 4) is 5.75 Å². The molecule has 1 aliphatic heterocycles. The van der Waals surface area contributed by atoms with E-state index in [0.29, 0.717) is 6.54 Å². The molecule has 0 aliphatic carbocycles. The van der Waals surface area contributed by atoms with Crippen molar-refractivity contribution in [2.75, 3.05) is 33.4 Å². The molecule has 5 nitrogen and oxygen atoms in total. The molecular formula is C23H30ClN3O2. The van der Waals surface area contributed by atoms with Gasteiger partial charge in [-0.1, -0.05) is 41.9 Å². The summed E-state index contributed by atoms with van der Waals surface area (Å²) in [5.74, 6) is 1.67. The van der Waals surface area contributed by atoms with Crippen molar-refractivity contribution < 1.29 is 9.47 Å². The van der Waals surface area contributed by atoms with Crippen LogP contribution in [-0.4, -0.2) is 39.4 Å². The number of nitrogens with zero attached hydrogens (tertiary/aromatic N) is 1. The summed E-state index contributed by atoms with van der Waals surface area (Å²) in [6.07, 6.45) is 1.94. The predicted molar refractivity (Wildman–Crippen MR) is 119 cm³/mol. The largest absolute Gasteiger partial charge is 0.497 e. The number of rotatable bonds is 7. The first-order valence-electron chi connectivity index (χ1n) is 10.1. The zero-order chi connectivity index (χ0) is 20.5. The number of ether oxygens (including phenoxy) is 2. The molecule has 0 atom stereocenters. The van der Waals surface area contributed by atoms with Crippen LogP contribution in [0.25, 0.3) is 0 Å². The molecule has 2 aromatic carbocycles. The average Bonchev–Trinajstić information content (AvgIpc) is 2.77. The van der Waals surface area contributed by atoms with Crippen molar-refractivity contribution in [2.45, 2.75) is 31.7 Å². The normalized spacial score (nSPS) is 16.3. The minimum atomic E-state index is 0.00506. The van der Waals surface area contributed by atoms with E-state index in [9.17, 15) is 0 Å². The predicted octanol–water partition coefficient (Wildman–Crippen LogP) is 4.15. The van der Waals surface area contributed by atoms with E-state index in [-0.39, 0.29) is 5.41 Å². The second-order valence-electron chi connectivity index (χ2n) is 7.26. The number of methoxy groups -OCH3 is 1. The molecule has 0 unspecified atom stereocenters. The maximum Gasteiger partial charge on any atom is 0.191 e. The van der Waals surface area contributed by atoms with E-state index in [4.69, 9.17) is 26.1 Å². The minimum absolute atomic E-state index is 0.00506. The molecule has 0 radical (unpaired) electrons. The van der Waals surface area contributed by atoms with E-state index in [1.807, 2.05) is 36.4 Å². The highest BCUT2D eigenvalue weighted by molar-refractivity contribution is 6.31. The van der Waals surface area contributed by atoms with Crippen LogP contribution in [0, 0.1) is 0 Å². The van der Waals surface area contributed by atoms with Gasteiger partial charge in [-0.3, -0.25) is 0 Å². The minimum Gasteiger partial charge on any atom is -0.497 e. The summed E-state index contributed by atoms with van der Waals surface area (Å²) in [6, 6.07) is 16.2. The maximum atomic E-state index is 6.28. The molecule has 0 amide bonds. The molecule has 1 fully saturated rings. The second-order valence-corrected chi connectivity index (χ2v) is 7.67. The third kappa shape index (κ3) is 5.64. The lowest BCUT2D eigenvalue weighted by Gasteiger charge is -2.38. The van der Waals surface area contributed by atoms with Crippen molar-refractivity contribution in [3.63, 3.8) is 0 Å². The standard InChI is InChI=1S/C23H30ClN3O2/c1-3-25-22(26-16-18-6-4-5-7-21(18)24)27-17-23(12-14-29-15-13-23)19-8-10-20(28-2)11-9-19/h4-11H,3,12-17H2,1-2H3,(H2,25,26,27). The molecule has 1 heterocycles. The molecule has 0 spiro atoms. The van der Waals surface area contributed by atoms with Gasteiger partial charge < -0.3 is 20.1 Å². The first kappa shape index (κ1) is 21.5. The van der Waals surface area contributed by atoms with Gasteiger partial charge in [0, 0.05) is 36.7 Å². The third-order valence-electron chi connectivity index (χ3n) is 5.46. The number of halogens is 1. The Morgan fingerprint density at radius 1 is 1.10 bits per heavy atom. The molecule has 2 N–H and O–H groups in total. The first-order valence-corrected chi connectivity index (χ1v) is 10.5. The quantitative estimate of drug-likeness (QED) is 0.526. The highest BCUT2D eigenvalue weighted by Gasteiger charge is 2.34. The van der Waals surface area contributed by atoms with Crippen molar-refractivity contribution in [1.29, 1.82) is 0 Å². The van der Waals surface area contributed by atoms with E-state index in [1.165, 1.54) is 5.56 Å². The van der Waals surface area contributed by atoms with Crippen LogP contribution < -0.4 is 15.4 Å². The second kappa shape index (κ2) is 10.5. The van der Waals surface area contributed by atoms with Gasteiger partial charge in [0.15, 0.2) is 5.96 Å². The van der Waals surface area contributed by atoms with E-state index >= 15 is 0 Å². The Balaban J connectivity index is 1.75. The lowest BCUT2D eigenvalue weighted by Crippen LogP contribution is -2.48. The van der Waals surface area contributed by atoms with E-state index in [0.717, 1.165) is 61.4 Å². The van der Waals surface area contributed by atoms with Crippen LogP contribution in [0.4, 0.5) is 0 Å². The van der Waals surface area contributed by atoms with Gasteiger partial charge in [-0.2, -0.15) is 0 Å². The van der Waals surface area contributed by atoms with Crippen LogP contribution in [0.1, 0.15) is 30.9 Å². The highest BCUT2D eigenvalue weighted by Crippen LogP contribution is 2.35. The van der Waals surface area contributed by atoms with E-state index < -0.39 is 0 Å². The van der Waals surface area contributed by atoms with E-state index in [1.54, 1.807) is 7.11 Å². The Kier molecular flexibility index (Phi) is 7.78. The molecule has 29 heavy (non-hydrogen) atoms. The van der Waals surface area contributed by atoms with Crippen LogP contribution in [0.15, 0.2) is 53.5 Å². The van der Waals surface area contributed by atoms with Crippen molar-refractivity contribution in [2.24, 2.45) is 4.99 Å². The number of hydrogen-bond donors (Lipinski definition) is 2. The van der Waals surface area contributed by atoms with Gasteiger partial charge >= 0.3 is 0 Å². The summed E-state index contributed by atoms with van der Waals surface area (Å²) in [6.45, 7) is 5.72. The molecule has 2 aromatic rings. The summed E-state index contributed by atoms with van der Waals surface area (Å²) >= 11 is 6.28. The lowest BCUT2D eigenvalue weighted by atomic mass is 9.74. The highest BCUT2D eigenvalue weighted by atomic mass is 35.5. The number of aliphatic imine (C=N–C) groups is 1. The third-order valence-corrected chi connectivity index (χ3v) is 5.82. The van der Waals surface area contributed by atoms with Gasteiger partial charge in [-0.25, -0.2) is 4.99 Å². The zero-order valence-corrected chi connectivity index (χ0v) is 18.0. The van der Waals surface area contributed by atoms with Gasteiger partial charge in [0.05, 0.1) is 13.7 Å². The molecule has 3 rings (SSSR count). The van der Waals surface area contributed by atoms with Crippen LogP contribution >= 0.6 is 11.6 Å². The Morgan fingerprint density at radius 2 is 1.83 bits per heavy atom. The average molecular weight is 416 g/mol. The SMILES string of the molecule is CCNC(=NCc1ccccc1Cl)NCC1(c2ccc(OC)cc2)CCOCC1. The number of benzene rings is 2. The molecule has 0 aromatic heterocycles. The monoisotopic (exact) mass is 415 g/mol. The van der Waals surface area contributed by atoms with Gasteiger partial charge in [0.1, 0.15) is 5.75 Å². The smallest absolute Gasteiger partial charge is 0.191 e. The fourth-order valence-corrected chi connectivity index (χ4v) is 3.86. The van der Waals surface area contributed by atoms with Crippen LogP contribution in [0.5, 0.6) is 5.75 Å². The first-order chi connectivity index (χ1) is 14.2. The fraction of sp³-hybridized carbons (Fsp3) is 0.435. The van der Waals surface area contributed by atoms with Gasteiger partial charge in [-0.05, 0) is 49.1 Å². The van der Waals surface area contributed by atoms with Gasteiger partial charge in [0.25, 0.3) is 0 Å². The molecule has 156 valence electrons. The zero-order valence-electron chi connectivity index (χ0n) is 17.2. The van der Waals surface area contributed by atoms with Gasteiger partial charge in [-0.15, -0.1) is 0 Å². The van der Waals surface area contributed by atoms with E-state index in [2.05, 4.69) is 29.7 Å².